The van der Waals surface area contributed by atoms with Gasteiger partial charge in [0.2, 0.25) is 0 Å². The minimum Gasteiger partial charge on any atom is -0.457 e. The van der Waals surface area contributed by atoms with E-state index in [2.05, 4.69) is 163 Å². The molecule has 4 heterocycles. The molecule has 7 aromatic carbocycles. The first kappa shape index (κ1) is 35.5. The lowest BCUT2D eigenvalue weighted by Crippen LogP contribution is -2.42. The van der Waals surface area contributed by atoms with Crippen LogP contribution in [0.2, 0.25) is 0 Å². The molecule has 0 fully saturated rings. The van der Waals surface area contributed by atoms with Gasteiger partial charge in [0.25, 0.3) is 0 Å². The molecule has 1 aliphatic carbocycles. The Kier molecular flexibility index (Phi) is 7.17. The van der Waals surface area contributed by atoms with Crippen LogP contribution < -0.4 is 30.6 Å². The highest BCUT2D eigenvalue weighted by atomic mass is 16.5. The molecular formula is C54H46BN2O3. The lowest BCUT2D eigenvalue weighted by Gasteiger charge is -2.44. The summed E-state index contributed by atoms with van der Waals surface area (Å²) in [6.07, 6.45) is 2.30. The molecule has 60 heavy (non-hydrogen) atoms. The fraction of sp³-hybridized carbons (Fsp3) is 0.222. The molecule has 0 bridgehead atoms. The van der Waals surface area contributed by atoms with Gasteiger partial charge in [0.05, 0.1) is 11.4 Å². The van der Waals surface area contributed by atoms with Gasteiger partial charge in [-0.25, -0.2) is 0 Å². The third kappa shape index (κ3) is 4.94. The number of hydrogen-bond donors (Lipinski definition) is 1. The fourth-order valence-electron chi connectivity index (χ4n) is 10.6. The normalized spacial score (nSPS) is 17.0. The molecule has 8 aromatic rings. The summed E-state index contributed by atoms with van der Waals surface area (Å²) >= 11 is 0. The van der Waals surface area contributed by atoms with Gasteiger partial charge in [0.15, 0.2) is 18.8 Å². The predicted octanol–water partition coefficient (Wildman–Crippen LogP) is 13.6. The minimum atomic E-state index is -0.289. The molecule has 0 unspecified atom stereocenters. The van der Waals surface area contributed by atoms with E-state index in [1.54, 1.807) is 0 Å². The summed E-state index contributed by atoms with van der Waals surface area (Å²) in [7, 11) is 2.36. The number of hydrogen-bond acceptors (Lipinski definition) is 5. The maximum Gasteiger partial charge on any atom is 0.198 e. The molecule has 1 radical (unpaired) electrons. The molecule has 0 saturated carbocycles. The van der Waals surface area contributed by atoms with Gasteiger partial charge in [-0.1, -0.05) is 114 Å². The molecule has 12 rings (SSSR count). The largest absolute Gasteiger partial charge is 0.457 e. The Hall–Kier alpha value is -6.40. The number of furan rings is 1. The van der Waals surface area contributed by atoms with Crippen molar-refractivity contribution in [3.8, 4) is 34.1 Å². The zero-order chi connectivity index (χ0) is 40.9. The number of aryl methyl sites for hydroxylation is 1. The average Bonchev–Trinajstić information content (AvgIpc) is 3.61. The summed E-state index contributed by atoms with van der Waals surface area (Å²) in [5, 5.41) is 5.94. The topological polar surface area (TPSA) is 46.9 Å². The van der Waals surface area contributed by atoms with Gasteiger partial charge in [0.1, 0.15) is 22.7 Å². The predicted molar refractivity (Wildman–Crippen MR) is 247 cm³/mol. The number of ether oxygens (including phenoxy) is 2. The van der Waals surface area contributed by atoms with Crippen molar-refractivity contribution in [1.29, 1.82) is 0 Å². The number of fused-ring (bicyclic) bond motifs is 10. The van der Waals surface area contributed by atoms with Gasteiger partial charge in [-0.15, -0.1) is 0 Å². The molecule has 0 saturated heterocycles. The van der Waals surface area contributed by atoms with Gasteiger partial charge in [-0.2, -0.15) is 0 Å². The van der Waals surface area contributed by atoms with Crippen molar-refractivity contribution >= 4 is 68.6 Å². The maximum absolute atomic E-state index is 6.97. The Balaban J connectivity index is 1.19. The van der Waals surface area contributed by atoms with E-state index >= 15 is 0 Å². The van der Waals surface area contributed by atoms with E-state index in [-0.39, 0.29) is 16.2 Å². The third-order valence-corrected chi connectivity index (χ3v) is 14.1. The van der Waals surface area contributed by atoms with E-state index in [1.165, 1.54) is 33.5 Å². The summed E-state index contributed by atoms with van der Waals surface area (Å²) < 4.78 is 20.4. The van der Waals surface area contributed by atoms with Gasteiger partial charge < -0.3 is 24.1 Å². The van der Waals surface area contributed by atoms with Gasteiger partial charge in [-0.3, -0.25) is 0 Å². The second kappa shape index (κ2) is 12.1. The van der Waals surface area contributed by atoms with Gasteiger partial charge >= 0.3 is 0 Å². The quantitative estimate of drug-likeness (QED) is 0.177. The highest BCUT2D eigenvalue weighted by Crippen LogP contribution is 2.54. The lowest BCUT2D eigenvalue weighted by atomic mass is 9.57. The molecule has 0 atom stereocenters. The van der Waals surface area contributed by atoms with Crippen molar-refractivity contribution < 1.29 is 13.9 Å². The molecule has 6 heteroatoms. The van der Waals surface area contributed by atoms with Crippen LogP contribution in [-0.4, -0.2) is 7.28 Å². The lowest BCUT2D eigenvalue weighted by molar-refractivity contribution is 0.332. The maximum atomic E-state index is 6.97. The number of nitrogens with one attached hydrogen (secondary N) is 1. The fourth-order valence-corrected chi connectivity index (χ4v) is 10.6. The van der Waals surface area contributed by atoms with E-state index in [1.807, 2.05) is 24.3 Å². The minimum absolute atomic E-state index is 0.0250. The number of rotatable bonds is 2. The Labute approximate surface area is 352 Å². The van der Waals surface area contributed by atoms with Crippen LogP contribution in [0.1, 0.15) is 82.2 Å². The monoisotopic (exact) mass is 781 g/mol. The van der Waals surface area contributed by atoms with Crippen LogP contribution in [0.15, 0.2) is 126 Å². The van der Waals surface area contributed by atoms with Crippen molar-refractivity contribution in [2.45, 2.75) is 77.6 Å². The van der Waals surface area contributed by atoms with Crippen molar-refractivity contribution in [2.24, 2.45) is 0 Å². The Morgan fingerprint density at radius 3 is 2.10 bits per heavy atom. The molecule has 1 N–H and O–H groups in total. The molecule has 4 aliphatic rings. The van der Waals surface area contributed by atoms with E-state index < -0.39 is 0 Å². The van der Waals surface area contributed by atoms with E-state index in [0.29, 0.717) is 0 Å². The van der Waals surface area contributed by atoms with E-state index in [4.69, 9.17) is 13.9 Å². The number of para-hydroxylation sites is 5. The number of benzene rings is 7. The standard InChI is InChI=1S/C54H46BN2O3/c1-30-25-35-36(53(4,5)24-23-52(35,2)3)27-40(30)57-41-28-37-47(58-44-20-12-9-17-34(44)54(37,6)7)29-38(41)55-49-42(57)26-33-31-15-8-11-19-43(31)60-51(33)48(49)32-16-14-22-46-50(32)56-39-18-10-13-21-45(39)59-46/h8-22,25-29,56H,23-24H2,1-7H3. The third-order valence-electron chi connectivity index (χ3n) is 14.1. The molecule has 0 amide bonds. The molecule has 3 aliphatic heterocycles. The van der Waals surface area contributed by atoms with Crippen molar-refractivity contribution in [1.82, 2.24) is 0 Å². The first-order valence-electron chi connectivity index (χ1n) is 21.3. The highest BCUT2D eigenvalue weighted by molar-refractivity contribution is 6.74. The van der Waals surface area contributed by atoms with Crippen LogP contribution in [0.5, 0.6) is 23.0 Å². The molecule has 0 spiro atoms. The van der Waals surface area contributed by atoms with Crippen LogP contribution in [0.3, 0.4) is 0 Å². The molecule has 1 aromatic heterocycles. The van der Waals surface area contributed by atoms with E-state index in [0.717, 1.165) is 103 Å². The van der Waals surface area contributed by atoms with Crippen molar-refractivity contribution in [3.05, 3.63) is 149 Å². The van der Waals surface area contributed by atoms with Crippen LogP contribution >= 0.6 is 0 Å². The summed E-state index contributed by atoms with van der Waals surface area (Å²) in [6, 6.07) is 43.4. The SMILES string of the molecule is Cc1cc2c(cc1N1c3cc4c(cc3[B]c3c1cc1c(oc5ccccc51)c3-c1cccc3c1Nc1ccccc1O3)Oc1ccccc1C4(C)C)C(C)(C)CCC2(C)C. The first-order valence-corrected chi connectivity index (χ1v) is 21.3. The second-order valence-corrected chi connectivity index (χ2v) is 19.1. The zero-order valence-electron chi connectivity index (χ0n) is 35.2. The average molecular weight is 782 g/mol. The van der Waals surface area contributed by atoms with Gasteiger partial charge in [0, 0.05) is 55.5 Å². The zero-order valence-corrected chi connectivity index (χ0v) is 35.2. The van der Waals surface area contributed by atoms with Crippen LogP contribution in [-0.2, 0) is 16.2 Å². The van der Waals surface area contributed by atoms with Crippen LogP contribution in [0, 0.1) is 6.92 Å². The van der Waals surface area contributed by atoms with Crippen LogP contribution in [0.25, 0.3) is 33.1 Å². The highest BCUT2D eigenvalue weighted by Gasteiger charge is 2.41. The van der Waals surface area contributed by atoms with E-state index in [9.17, 15) is 0 Å². The Morgan fingerprint density at radius 2 is 1.27 bits per heavy atom. The van der Waals surface area contributed by atoms with Gasteiger partial charge in [-0.05, 0) is 107 Å². The Morgan fingerprint density at radius 1 is 0.583 bits per heavy atom. The second-order valence-electron chi connectivity index (χ2n) is 19.1. The molecular weight excluding hydrogens is 735 g/mol. The van der Waals surface area contributed by atoms with Crippen molar-refractivity contribution in [3.63, 3.8) is 0 Å². The summed E-state index contributed by atoms with van der Waals surface area (Å²) in [5.74, 6) is 3.38. The molecule has 293 valence electrons. The van der Waals surface area contributed by atoms with Crippen molar-refractivity contribution in [2.75, 3.05) is 10.2 Å². The molecule has 5 nitrogen and oxygen atoms in total. The number of nitrogens with zero attached hydrogens (tertiary/aromatic N) is 1. The number of anilines is 5. The smallest absolute Gasteiger partial charge is 0.198 e. The summed E-state index contributed by atoms with van der Waals surface area (Å²) in [5.41, 5.74) is 17.5. The summed E-state index contributed by atoms with van der Waals surface area (Å²) in [4.78, 5) is 2.55. The Bertz CT molecular complexity index is 3170. The first-order chi connectivity index (χ1) is 28.9. The summed E-state index contributed by atoms with van der Waals surface area (Å²) in [6.45, 7) is 16.6. The van der Waals surface area contributed by atoms with Crippen LogP contribution in [0.4, 0.5) is 28.4 Å².